The normalized spacial score (nSPS) is 12.4. The molecule has 1 aromatic carbocycles. The summed E-state index contributed by atoms with van der Waals surface area (Å²) in [5.41, 5.74) is 4.28. The van der Waals surface area contributed by atoms with E-state index in [1.807, 2.05) is 37.3 Å². The number of halogens is 2. The summed E-state index contributed by atoms with van der Waals surface area (Å²) in [6.07, 6.45) is 3.17. The van der Waals surface area contributed by atoms with Crippen LogP contribution in [0.25, 0.3) is 11.9 Å². The van der Waals surface area contributed by atoms with Crippen LogP contribution in [-0.4, -0.2) is 14.8 Å². The van der Waals surface area contributed by atoms with Gasteiger partial charge in [-0.2, -0.15) is 5.10 Å². The Bertz CT molecular complexity index is 966. The lowest BCUT2D eigenvalue weighted by Gasteiger charge is -2.18. The van der Waals surface area contributed by atoms with Crippen LogP contribution in [0.1, 0.15) is 48.8 Å². The van der Waals surface area contributed by atoms with Crippen LogP contribution in [0.4, 0.5) is 4.39 Å². The number of pyridine rings is 1. The van der Waals surface area contributed by atoms with Crippen LogP contribution in [0.3, 0.4) is 0 Å². The number of aromatic nitrogens is 3. The summed E-state index contributed by atoms with van der Waals surface area (Å²) in [6, 6.07) is 13.3. The van der Waals surface area contributed by atoms with E-state index in [0.717, 1.165) is 16.8 Å². The third-order valence-electron chi connectivity index (χ3n) is 4.42. The zero-order valence-corrected chi connectivity index (χ0v) is 16.8. The van der Waals surface area contributed by atoms with E-state index in [4.69, 9.17) is 11.6 Å². The van der Waals surface area contributed by atoms with Gasteiger partial charge in [-0.1, -0.05) is 56.6 Å². The molecule has 0 saturated carbocycles. The minimum absolute atomic E-state index is 0.0759. The second-order valence-electron chi connectivity index (χ2n) is 7.68. The lowest BCUT2D eigenvalue weighted by molar-refractivity contribution is 0.590. The van der Waals surface area contributed by atoms with Crippen molar-refractivity contribution in [2.75, 3.05) is 0 Å². The predicted molar refractivity (Wildman–Crippen MR) is 109 cm³/mol. The first kappa shape index (κ1) is 19.3. The van der Waals surface area contributed by atoms with Crippen molar-refractivity contribution in [3.8, 4) is 0 Å². The number of aryl methyl sites for hydroxylation is 1. The van der Waals surface area contributed by atoms with Crippen LogP contribution < -0.4 is 0 Å². The Hall–Kier alpha value is -2.46. The van der Waals surface area contributed by atoms with Gasteiger partial charge in [0.15, 0.2) is 5.83 Å². The van der Waals surface area contributed by atoms with Gasteiger partial charge in [0.1, 0.15) is 10.8 Å². The van der Waals surface area contributed by atoms with E-state index >= 15 is 0 Å². The quantitative estimate of drug-likeness (QED) is 0.513. The van der Waals surface area contributed by atoms with Crippen molar-refractivity contribution >= 4 is 23.5 Å². The molecule has 5 heteroatoms. The van der Waals surface area contributed by atoms with Gasteiger partial charge >= 0.3 is 0 Å². The molecule has 0 unspecified atom stereocenters. The Kier molecular flexibility index (Phi) is 5.47. The van der Waals surface area contributed by atoms with E-state index in [-0.39, 0.29) is 11.2 Å². The first-order chi connectivity index (χ1) is 12.7. The van der Waals surface area contributed by atoms with E-state index in [1.54, 1.807) is 23.0 Å². The highest BCUT2D eigenvalue weighted by atomic mass is 35.5. The number of rotatable bonds is 4. The summed E-state index contributed by atoms with van der Waals surface area (Å²) in [7, 11) is 0. The lowest BCUT2D eigenvalue weighted by atomic mass is 9.87. The summed E-state index contributed by atoms with van der Waals surface area (Å²) in [4.78, 5) is 3.97. The molecular weight excluding hydrogens is 361 g/mol. The molecule has 0 atom stereocenters. The summed E-state index contributed by atoms with van der Waals surface area (Å²) < 4.78 is 16.5. The van der Waals surface area contributed by atoms with Crippen molar-refractivity contribution in [3.63, 3.8) is 0 Å². The summed E-state index contributed by atoms with van der Waals surface area (Å²) >= 11 is 5.93. The maximum atomic E-state index is 14.7. The molecule has 0 amide bonds. The molecule has 0 fully saturated rings. The first-order valence-corrected chi connectivity index (χ1v) is 9.23. The molecule has 0 aliphatic carbocycles. The molecule has 0 saturated heterocycles. The fourth-order valence-electron chi connectivity index (χ4n) is 2.80. The van der Waals surface area contributed by atoms with E-state index in [0.29, 0.717) is 17.4 Å². The molecule has 3 aromatic rings. The molecule has 0 aliphatic rings. The van der Waals surface area contributed by atoms with Crippen molar-refractivity contribution in [2.45, 2.75) is 39.7 Å². The second-order valence-corrected chi connectivity index (χ2v) is 8.07. The third-order valence-corrected chi connectivity index (χ3v) is 4.63. The molecule has 2 heterocycles. The Labute approximate surface area is 164 Å². The standard InChI is InChI=1S/C22H23ClFN3/c1-15-11-20(26-27(15)14-17-9-10-25-21(23)13-17)19(24)12-16-5-7-18(8-6-16)22(2,3)4/h5-13H,14H2,1-4H3/b19-12-. The van der Waals surface area contributed by atoms with Gasteiger partial charge in [-0.25, -0.2) is 9.37 Å². The van der Waals surface area contributed by atoms with Crippen molar-refractivity contribution in [1.29, 1.82) is 0 Å². The maximum Gasteiger partial charge on any atom is 0.151 e. The van der Waals surface area contributed by atoms with Crippen LogP contribution in [0, 0.1) is 6.92 Å². The van der Waals surface area contributed by atoms with Gasteiger partial charge in [0, 0.05) is 11.9 Å². The Morgan fingerprint density at radius 3 is 2.48 bits per heavy atom. The number of hydrogen-bond donors (Lipinski definition) is 0. The third kappa shape index (κ3) is 4.83. The molecule has 0 aliphatic heterocycles. The van der Waals surface area contributed by atoms with Crippen LogP contribution in [0.15, 0.2) is 48.7 Å². The Morgan fingerprint density at radius 2 is 1.85 bits per heavy atom. The topological polar surface area (TPSA) is 30.7 Å². The van der Waals surface area contributed by atoms with E-state index in [9.17, 15) is 4.39 Å². The molecule has 0 bridgehead atoms. The zero-order valence-electron chi connectivity index (χ0n) is 16.0. The molecule has 3 rings (SSSR count). The number of nitrogens with zero attached hydrogens (tertiary/aromatic N) is 3. The van der Waals surface area contributed by atoms with Crippen LogP contribution in [0.2, 0.25) is 5.15 Å². The number of benzene rings is 1. The molecule has 27 heavy (non-hydrogen) atoms. The maximum absolute atomic E-state index is 14.7. The van der Waals surface area contributed by atoms with Crippen molar-refractivity contribution < 1.29 is 4.39 Å². The SMILES string of the molecule is Cc1cc(/C(F)=C/c2ccc(C(C)(C)C)cc2)nn1Cc1ccnc(Cl)c1. The van der Waals surface area contributed by atoms with Gasteiger partial charge in [0.25, 0.3) is 0 Å². The highest BCUT2D eigenvalue weighted by Gasteiger charge is 2.13. The highest BCUT2D eigenvalue weighted by Crippen LogP contribution is 2.24. The van der Waals surface area contributed by atoms with Gasteiger partial charge < -0.3 is 0 Å². The molecule has 0 spiro atoms. The van der Waals surface area contributed by atoms with Gasteiger partial charge in [-0.15, -0.1) is 0 Å². The molecule has 0 radical (unpaired) electrons. The van der Waals surface area contributed by atoms with E-state index in [1.165, 1.54) is 11.6 Å². The summed E-state index contributed by atoms with van der Waals surface area (Å²) in [5.74, 6) is -0.354. The van der Waals surface area contributed by atoms with Gasteiger partial charge in [0.2, 0.25) is 0 Å². The smallest absolute Gasteiger partial charge is 0.151 e. The average Bonchev–Trinajstić information content (AvgIpc) is 2.95. The average molecular weight is 384 g/mol. The predicted octanol–water partition coefficient (Wildman–Crippen LogP) is 6.05. The molecular formula is C22H23ClFN3. The van der Waals surface area contributed by atoms with E-state index in [2.05, 4.69) is 30.9 Å². The van der Waals surface area contributed by atoms with Gasteiger partial charge in [0.05, 0.1) is 6.54 Å². The highest BCUT2D eigenvalue weighted by molar-refractivity contribution is 6.29. The monoisotopic (exact) mass is 383 g/mol. The second kappa shape index (κ2) is 7.65. The first-order valence-electron chi connectivity index (χ1n) is 8.85. The van der Waals surface area contributed by atoms with Gasteiger partial charge in [-0.05, 0) is 53.3 Å². The largest absolute Gasteiger partial charge is 0.265 e. The van der Waals surface area contributed by atoms with Crippen LogP contribution >= 0.6 is 11.6 Å². The minimum Gasteiger partial charge on any atom is -0.265 e. The molecule has 0 N–H and O–H groups in total. The zero-order chi connectivity index (χ0) is 19.6. The van der Waals surface area contributed by atoms with E-state index < -0.39 is 0 Å². The number of hydrogen-bond acceptors (Lipinski definition) is 2. The lowest BCUT2D eigenvalue weighted by Crippen LogP contribution is -2.10. The van der Waals surface area contributed by atoms with Crippen LogP contribution in [-0.2, 0) is 12.0 Å². The van der Waals surface area contributed by atoms with Crippen molar-refractivity contribution in [2.24, 2.45) is 0 Å². The minimum atomic E-state index is -0.354. The van der Waals surface area contributed by atoms with Crippen molar-refractivity contribution in [3.05, 3.63) is 81.9 Å². The Balaban J connectivity index is 1.81. The van der Waals surface area contributed by atoms with Crippen LogP contribution in [0.5, 0.6) is 0 Å². The molecule has 140 valence electrons. The fraction of sp³-hybridized carbons (Fsp3) is 0.273. The summed E-state index contributed by atoms with van der Waals surface area (Å²) in [6.45, 7) is 8.89. The van der Waals surface area contributed by atoms with Gasteiger partial charge in [-0.3, -0.25) is 4.68 Å². The molecule has 2 aromatic heterocycles. The fourth-order valence-corrected chi connectivity index (χ4v) is 3.00. The Morgan fingerprint density at radius 1 is 1.15 bits per heavy atom. The molecule has 3 nitrogen and oxygen atoms in total. The summed E-state index contributed by atoms with van der Waals surface area (Å²) in [5, 5.41) is 4.83. The van der Waals surface area contributed by atoms with Crippen molar-refractivity contribution in [1.82, 2.24) is 14.8 Å².